The number of carbonyl (C=O) groups is 1. The summed E-state index contributed by atoms with van der Waals surface area (Å²) in [6.07, 6.45) is 6.21. The molecule has 0 N–H and O–H groups in total. The van der Waals surface area contributed by atoms with Gasteiger partial charge in [0.05, 0.1) is 23.2 Å². The number of hydrogen-bond acceptors (Lipinski definition) is 2. The number of amides is 1. The summed E-state index contributed by atoms with van der Waals surface area (Å²) in [7, 11) is 0. The highest BCUT2D eigenvalue weighted by atomic mass is 35.5. The van der Waals surface area contributed by atoms with Gasteiger partial charge in [0.15, 0.2) is 0 Å². The first-order valence-electron chi connectivity index (χ1n) is 12.0. The molecular formula is C28H27Cl5N2O. The van der Waals surface area contributed by atoms with Crippen molar-refractivity contribution in [2.75, 3.05) is 24.5 Å². The van der Waals surface area contributed by atoms with Gasteiger partial charge in [-0.25, -0.2) is 0 Å². The molecule has 5 rings (SSSR count). The topological polar surface area (TPSA) is 23.6 Å². The molecule has 0 aromatic heterocycles. The predicted octanol–water partition coefficient (Wildman–Crippen LogP) is 9.15. The second kappa shape index (κ2) is 12.8. The molecule has 36 heavy (non-hydrogen) atoms. The monoisotopic (exact) mass is 582 g/mol. The number of halogens is 5. The normalized spacial score (nSPS) is 17.2. The van der Waals surface area contributed by atoms with Crippen molar-refractivity contribution in [2.24, 2.45) is 0 Å². The van der Waals surface area contributed by atoms with Gasteiger partial charge in [0.1, 0.15) is 0 Å². The Hall–Kier alpha value is -1.62. The van der Waals surface area contributed by atoms with Crippen molar-refractivity contribution in [2.45, 2.75) is 38.1 Å². The molecule has 190 valence electrons. The quantitative estimate of drug-likeness (QED) is 0.305. The number of nitrogens with zero attached hydrogens (tertiary/aromatic N) is 2. The summed E-state index contributed by atoms with van der Waals surface area (Å²) in [6.45, 7) is 1.69. The van der Waals surface area contributed by atoms with Crippen LogP contribution in [0, 0.1) is 0 Å². The average molecular weight is 585 g/mol. The van der Waals surface area contributed by atoms with Crippen molar-refractivity contribution < 1.29 is 4.79 Å². The fraction of sp³-hybridized carbons (Fsp3) is 0.321. The lowest BCUT2D eigenvalue weighted by atomic mass is 10.0. The molecule has 1 unspecified atom stereocenters. The van der Waals surface area contributed by atoms with E-state index in [1.54, 1.807) is 24.3 Å². The van der Waals surface area contributed by atoms with Crippen LogP contribution in [0.25, 0.3) is 0 Å². The van der Waals surface area contributed by atoms with Crippen molar-refractivity contribution >= 4 is 69.6 Å². The van der Waals surface area contributed by atoms with E-state index < -0.39 is 0 Å². The smallest absolute Gasteiger partial charge is 0.227 e. The lowest BCUT2D eigenvalue weighted by Gasteiger charge is -2.43. The molecule has 3 aromatic rings. The third kappa shape index (κ3) is 7.02. The van der Waals surface area contributed by atoms with E-state index in [9.17, 15) is 4.79 Å². The standard InChI is InChI=1S/C24H19Cl5N2O.C4H8/c25-17-4-1-15(2-5-17)23-14-30(24(32)11-16-3-6-18(26)12-20(16)28)9-10-31(23)22-8-7-19(27)13-21(22)29;1-2-4-3-1/h1-8,12-13,23H,9-11,14H2;1-4H2. The van der Waals surface area contributed by atoms with Crippen LogP contribution < -0.4 is 4.90 Å². The van der Waals surface area contributed by atoms with Crippen LogP contribution in [0.3, 0.4) is 0 Å². The van der Waals surface area contributed by atoms with E-state index in [-0.39, 0.29) is 18.4 Å². The molecular weight excluding hydrogens is 558 g/mol. The van der Waals surface area contributed by atoms with Crippen molar-refractivity contribution in [1.82, 2.24) is 4.90 Å². The maximum absolute atomic E-state index is 13.1. The van der Waals surface area contributed by atoms with E-state index in [2.05, 4.69) is 4.90 Å². The largest absolute Gasteiger partial charge is 0.360 e. The van der Waals surface area contributed by atoms with Crippen LogP contribution in [0.1, 0.15) is 42.9 Å². The first kappa shape index (κ1) is 27.4. The Morgan fingerprint density at radius 3 is 1.89 bits per heavy atom. The molecule has 2 aliphatic rings. The maximum Gasteiger partial charge on any atom is 0.227 e. The van der Waals surface area contributed by atoms with Crippen molar-refractivity contribution in [3.05, 3.63) is 96.9 Å². The molecule has 1 atom stereocenters. The first-order chi connectivity index (χ1) is 17.3. The van der Waals surface area contributed by atoms with Gasteiger partial charge in [-0.3, -0.25) is 4.79 Å². The van der Waals surface area contributed by atoms with E-state index in [0.29, 0.717) is 44.7 Å². The Bertz CT molecular complexity index is 1190. The molecule has 0 spiro atoms. The van der Waals surface area contributed by atoms with Gasteiger partial charge in [-0.2, -0.15) is 0 Å². The third-order valence-corrected chi connectivity index (χ3v) is 7.94. The second-order valence-corrected chi connectivity index (χ2v) is 11.1. The summed E-state index contributed by atoms with van der Waals surface area (Å²) in [5.41, 5.74) is 2.68. The van der Waals surface area contributed by atoms with Gasteiger partial charge in [-0.15, -0.1) is 0 Å². The van der Waals surface area contributed by atoms with Gasteiger partial charge in [-0.05, 0) is 53.6 Å². The number of anilines is 1. The zero-order valence-corrected chi connectivity index (χ0v) is 23.5. The van der Waals surface area contributed by atoms with Crippen molar-refractivity contribution in [3.8, 4) is 0 Å². The van der Waals surface area contributed by atoms with Crippen LogP contribution in [-0.2, 0) is 11.2 Å². The zero-order chi connectivity index (χ0) is 25.7. The van der Waals surface area contributed by atoms with Crippen molar-refractivity contribution in [1.29, 1.82) is 0 Å². The van der Waals surface area contributed by atoms with Crippen LogP contribution in [-0.4, -0.2) is 30.4 Å². The predicted molar refractivity (Wildman–Crippen MR) is 153 cm³/mol. The van der Waals surface area contributed by atoms with Crippen LogP contribution in [0.4, 0.5) is 5.69 Å². The number of rotatable bonds is 4. The van der Waals surface area contributed by atoms with E-state index in [1.165, 1.54) is 25.7 Å². The number of benzene rings is 3. The zero-order valence-electron chi connectivity index (χ0n) is 19.7. The molecule has 2 fully saturated rings. The van der Waals surface area contributed by atoms with Gasteiger partial charge < -0.3 is 9.80 Å². The molecule has 1 heterocycles. The molecule has 1 aliphatic carbocycles. The Morgan fingerprint density at radius 1 is 0.722 bits per heavy atom. The molecule has 1 amide bonds. The van der Waals surface area contributed by atoms with Gasteiger partial charge in [0, 0.05) is 39.7 Å². The average Bonchev–Trinajstić information content (AvgIpc) is 2.80. The fourth-order valence-corrected chi connectivity index (χ4v) is 5.29. The minimum absolute atomic E-state index is 0.00930. The van der Waals surface area contributed by atoms with Gasteiger partial charge in [0.25, 0.3) is 0 Å². The highest BCUT2D eigenvalue weighted by Gasteiger charge is 2.32. The lowest BCUT2D eigenvalue weighted by molar-refractivity contribution is -0.131. The van der Waals surface area contributed by atoms with E-state index in [0.717, 1.165) is 16.8 Å². The minimum atomic E-state index is -0.0932. The molecule has 8 heteroatoms. The number of piperazine rings is 1. The lowest BCUT2D eigenvalue weighted by Crippen LogP contribution is -2.51. The van der Waals surface area contributed by atoms with Crippen LogP contribution >= 0.6 is 58.0 Å². The van der Waals surface area contributed by atoms with E-state index in [1.807, 2.05) is 41.3 Å². The van der Waals surface area contributed by atoms with Gasteiger partial charge in [-0.1, -0.05) is 102 Å². The molecule has 1 saturated heterocycles. The second-order valence-electron chi connectivity index (χ2n) is 9.02. The maximum atomic E-state index is 13.1. The number of hydrogen-bond donors (Lipinski definition) is 0. The molecule has 1 aliphatic heterocycles. The molecule has 1 saturated carbocycles. The molecule has 3 aromatic carbocycles. The van der Waals surface area contributed by atoms with Crippen molar-refractivity contribution in [3.63, 3.8) is 0 Å². The van der Waals surface area contributed by atoms with Crippen LogP contribution in [0.5, 0.6) is 0 Å². The highest BCUT2D eigenvalue weighted by Crippen LogP contribution is 2.37. The van der Waals surface area contributed by atoms with E-state index in [4.69, 9.17) is 58.0 Å². The minimum Gasteiger partial charge on any atom is -0.360 e. The summed E-state index contributed by atoms with van der Waals surface area (Å²) in [5, 5.41) is 2.85. The molecule has 0 radical (unpaired) electrons. The fourth-order valence-electron chi connectivity index (χ4n) is 4.17. The Morgan fingerprint density at radius 2 is 1.31 bits per heavy atom. The summed E-state index contributed by atoms with van der Waals surface area (Å²) >= 11 is 31.0. The van der Waals surface area contributed by atoms with E-state index >= 15 is 0 Å². The SMILES string of the molecule is C1CCC1.O=C(Cc1ccc(Cl)cc1Cl)N1CCN(c2ccc(Cl)cc2Cl)C(c2ccc(Cl)cc2)C1. The number of carbonyl (C=O) groups excluding carboxylic acids is 1. The van der Waals surface area contributed by atoms with Crippen LogP contribution in [0.2, 0.25) is 25.1 Å². The molecule has 0 bridgehead atoms. The van der Waals surface area contributed by atoms with Gasteiger partial charge in [0.2, 0.25) is 5.91 Å². The van der Waals surface area contributed by atoms with Crippen LogP contribution in [0.15, 0.2) is 60.7 Å². The summed E-state index contributed by atoms with van der Waals surface area (Å²) in [4.78, 5) is 17.2. The summed E-state index contributed by atoms with van der Waals surface area (Å²) in [6, 6.07) is 18.2. The Balaban J connectivity index is 0.000000692. The third-order valence-electron chi connectivity index (χ3n) is 6.56. The van der Waals surface area contributed by atoms with Gasteiger partial charge >= 0.3 is 0 Å². The summed E-state index contributed by atoms with van der Waals surface area (Å²) < 4.78 is 0. The highest BCUT2D eigenvalue weighted by molar-refractivity contribution is 6.36. The Kier molecular flexibility index (Phi) is 9.71. The Labute approximate surface area is 237 Å². The first-order valence-corrected chi connectivity index (χ1v) is 13.9. The molecule has 3 nitrogen and oxygen atoms in total. The summed E-state index contributed by atoms with van der Waals surface area (Å²) in [5.74, 6) is 0.00930.